The summed E-state index contributed by atoms with van der Waals surface area (Å²) in [4.78, 5) is 36.2. The second-order valence-corrected chi connectivity index (χ2v) is 5.85. The minimum atomic E-state index is -0.755. The summed E-state index contributed by atoms with van der Waals surface area (Å²) in [7, 11) is 0. The number of nitrogens with two attached hydrogens (primary N) is 1. The van der Waals surface area contributed by atoms with Gasteiger partial charge in [-0.2, -0.15) is 5.10 Å². The Kier molecular flexibility index (Phi) is 7.19. The molecule has 0 aromatic heterocycles. The van der Waals surface area contributed by atoms with Gasteiger partial charge in [-0.25, -0.2) is 9.80 Å². The lowest BCUT2D eigenvalue weighted by Gasteiger charge is -2.39. The van der Waals surface area contributed by atoms with Crippen LogP contribution in [0.5, 0.6) is 0 Å². The number of carbonyl (C=O) groups excluding carboxylic acids is 3. The summed E-state index contributed by atoms with van der Waals surface area (Å²) < 4.78 is 5.10. The summed E-state index contributed by atoms with van der Waals surface area (Å²) in [6, 6.07) is -1.21. The molecule has 7 nitrogen and oxygen atoms in total. The first kappa shape index (κ1) is 19.1. The molecule has 1 heterocycles. The van der Waals surface area contributed by atoms with Crippen molar-refractivity contribution >= 4 is 23.5 Å². The first-order chi connectivity index (χ1) is 10.8. The minimum Gasteiger partial charge on any atom is -0.465 e. The summed E-state index contributed by atoms with van der Waals surface area (Å²) in [6.45, 7) is 7.06. The summed E-state index contributed by atoms with van der Waals surface area (Å²) >= 11 is 0. The maximum absolute atomic E-state index is 12.3. The van der Waals surface area contributed by atoms with Crippen LogP contribution in [-0.2, 0) is 14.3 Å². The van der Waals surface area contributed by atoms with Crippen molar-refractivity contribution in [3.63, 3.8) is 0 Å². The Morgan fingerprint density at radius 1 is 1.26 bits per heavy atom. The quantitative estimate of drug-likeness (QED) is 0.572. The number of nitrogens with zero attached hydrogens (tertiary/aromatic N) is 2. The van der Waals surface area contributed by atoms with Gasteiger partial charge in [0.05, 0.1) is 24.3 Å². The number of hydrogen-bond donors (Lipinski definition) is 1. The van der Waals surface area contributed by atoms with Gasteiger partial charge in [0.15, 0.2) is 0 Å². The van der Waals surface area contributed by atoms with Crippen molar-refractivity contribution < 1.29 is 19.1 Å². The molecular weight excluding hydrogens is 298 g/mol. The van der Waals surface area contributed by atoms with Gasteiger partial charge in [-0.15, -0.1) is 0 Å². The molecule has 0 saturated heterocycles. The molecule has 2 N–H and O–H groups in total. The van der Waals surface area contributed by atoms with E-state index in [-0.39, 0.29) is 12.4 Å². The smallest absolute Gasteiger partial charge is 0.335 e. The predicted molar refractivity (Wildman–Crippen MR) is 86.8 cm³/mol. The van der Waals surface area contributed by atoms with Crippen LogP contribution in [0.2, 0.25) is 0 Å². The van der Waals surface area contributed by atoms with E-state index in [1.54, 1.807) is 13.8 Å². The van der Waals surface area contributed by atoms with Gasteiger partial charge in [-0.1, -0.05) is 26.2 Å². The molecule has 0 unspecified atom stereocenters. The molecule has 0 radical (unpaired) electrons. The Bertz CT molecular complexity index is 490. The van der Waals surface area contributed by atoms with Crippen molar-refractivity contribution in [3.8, 4) is 0 Å². The number of hydrazone groups is 1. The molecule has 0 aliphatic carbocycles. The zero-order valence-electron chi connectivity index (χ0n) is 14.4. The lowest BCUT2D eigenvalue weighted by Crippen LogP contribution is -2.55. The number of esters is 1. The van der Waals surface area contributed by atoms with Gasteiger partial charge < -0.3 is 10.5 Å². The topological polar surface area (TPSA) is 102 Å². The third-order valence-electron chi connectivity index (χ3n) is 4.14. The largest absolute Gasteiger partial charge is 0.465 e. The van der Waals surface area contributed by atoms with Crippen LogP contribution in [0.4, 0.5) is 4.79 Å². The van der Waals surface area contributed by atoms with Gasteiger partial charge in [0.2, 0.25) is 0 Å². The van der Waals surface area contributed by atoms with E-state index in [0.717, 1.165) is 24.3 Å². The first-order valence-electron chi connectivity index (χ1n) is 8.15. The molecule has 1 aliphatic rings. The Balaban J connectivity index is 3.21. The number of carbonyl (C=O) groups is 3. The van der Waals surface area contributed by atoms with Gasteiger partial charge in [0.25, 0.3) is 0 Å². The van der Waals surface area contributed by atoms with E-state index in [4.69, 9.17) is 10.5 Å². The maximum atomic E-state index is 12.3. The lowest BCUT2D eigenvalue weighted by atomic mass is 9.77. The Hall–Kier alpha value is -1.92. The highest BCUT2D eigenvalue weighted by atomic mass is 16.5. The van der Waals surface area contributed by atoms with E-state index >= 15 is 0 Å². The first-order valence-corrected chi connectivity index (χ1v) is 8.15. The van der Waals surface area contributed by atoms with E-state index in [0.29, 0.717) is 12.1 Å². The molecule has 1 rings (SSSR count). The average Bonchev–Trinajstić information content (AvgIpc) is 2.47. The molecule has 0 aromatic rings. The Labute approximate surface area is 137 Å². The van der Waals surface area contributed by atoms with Crippen LogP contribution in [-0.4, -0.2) is 41.2 Å². The number of hydrogen-bond acceptors (Lipinski definition) is 5. The van der Waals surface area contributed by atoms with Gasteiger partial charge in [-0.05, 0) is 27.2 Å². The molecule has 0 bridgehead atoms. The van der Waals surface area contributed by atoms with Gasteiger partial charge in [0, 0.05) is 0 Å². The van der Waals surface area contributed by atoms with Crippen molar-refractivity contribution in [1.82, 2.24) is 5.01 Å². The van der Waals surface area contributed by atoms with Crippen LogP contribution in [0.25, 0.3) is 0 Å². The third kappa shape index (κ3) is 4.53. The monoisotopic (exact) mass is 325 g/mol. The fourth-order valence-electron chi connectivity index (χ4n) is 3.11. The van der Waals surface area contributed by atoms with Gasteiger partial charge in [-0.3, -0.25) is 9.59 Å². The highest BCUT2D eigenvalue weighted by molar-refractivity contribution is 6.06. The number of ketones is 1. The van der Waals surface area contributed by atoms with Crippen molar-refractivity contribution in [2.45, 2.75) is 59.4 Å². The highest BCUT2D eigenvalue weighted by Crippen LogP contribution is 2.32. The zero-order chi connectivity index (χ0) is 17.6. The average molecular weight is 325 g/mol. The summed E-state index contributed by atoms with van der Waals surface area (Å²) in [5.41, 5.74) is 5.80. The summed E-state index contributed by atoms with van der Waals surface area (Å²) in [5, 5.41) is 5.34. The third-order valence-corrected chi connectivity index (χ3v) is 4.14. The van der Waals surface area contributed by atoms with Gasteiger partial charge >= 0.3 is 12.0 Å². The van der Waals surface area contributed by atoms with E-state index in [2.05, 4.69) is 12.0 Å². The second-order valence-electron chi connectivity index (χ2n) is 5.85. The Morgan fingerprint density at radius 3 is 2.39 bits per heavy atom. The standard InChI is InChI=1S/C16H27N3O4/c1-5-7-8-9-12-14(11(4)20)13(15(21)23-6-2)10(3)18-19(12)16(17)22/h12-14H,5-9H2,1-4H3,(H2,17,22)/t12-,13-,14-/m0/s1. The molecule has 23 heavy (non-hydrogen) atoms. The molecule has 2 amide bonds. The van der Waals surface area contributed by atoms with Crippen LogP contribution < -0.4 is 5.73 Å². The number of urea groups is 1. The fourth-order valence-corrected chi connectivity index (χ4v) is 3.11. The van der Waals surface area contributed by atoms with Gasteiger partial charge in [0.1, 0.15) is 11.7 Å². The molecule has 7 heteroatoms. The molecular formula is C16H27N3O4. The molecule has 3 atom stereocenters. The van der Waals surface area contributed by atoms with E-state index in [1.165, 1.54) is 6.92 Å². The van der Waals surface area contributed by atoms with Crippen molar-refractivity contribution in [3.05, 3.63) is 0 Å². The van der Waals surface area contributed by atoms with Crippen LogP contribution >= 0.6 is 0 Å². The molecule has 1 aliphatic heterocycles. The predicted octanol–water partition coefficient (Wildman–Crippen LogP) is 2.09. The van der Waals surface area contributed by atoms with E-state index in [1.807, 2.05) is 0 Å². The SMILES string of the molecule is CCCCC[C@H]1[C@H](C(C)=O)[C@@H](C(=O)OCC)C(C)=NN1C(N)=O. The summed E-state index contributed by atoms with van der Waals surface area (Å²) in [6.07, 6.45) is 3.39. The van der Waals surface area contributed by atoms with Crippen LogP contribution in [0.3, 0.4) is 0 Å². The zero-order valence-corrected chi connectivity index (χ0v) is 14.4. The molecule has 0 fully saturated rings. The van der Waals surface area contributed by atoms with Crippen LogP contribution in [0.15, 0.2) is 5.10 Å². The number of amides is 2. The summed E-state index contributed by atoms with van der Waals surface area (Å²) in [5.74, 6) is -2.06. The number of primary amides is 1. The van der Waals surface area contributed by atoms with Crippen LogP contribution in [0.1, 0.15) is 53.4 Å². The second kappa shape index (κ2) is 8.64. The molecule has 0 saturated carbocycles. The molecule has 0 aromatic carbocycles. The van der Waals surface area contributed by atoms with Crippen molar-refractivity contribution in [2.24, 2.45) is 22.7 Å². The maximum Gasteiger partial charge on any atom is 0.335 e. The number of ether oxygens (including phenoxy) is 1. The van der Waals surface area contributed by atoms with Crippen LogP contribution in [0, 0.1) is 11.8 Å². The highest BCUT2D eigenvalue weighted by Gasteiger charge is 2.46. The number of Topliss-reactive ketones (excluding diaryl/α,β-unsaturated/α-hetero) is 1. The number of rotatable bonds is 7. The normalized spacial score (nSPS) is 24.1. The van der Waals surface area contributed by atoms with E-state index < -0.39 is 29.9 Å². The lowest BCUT2D eigenvalue weighted by molar-refractivity contribution is -0.151. The minimum absolute atomic E-state index is 0.162. The van der Waals surface area contributed by atoms with Crippen molar-refractivity contribution in [2.75, 3.05) is 6.61 Å². The Morgan fingerprint density at radius 2 is 1.91 bits per heavy atom. The fraction of sp³-hybridized carbons (Fsp3) is 0.750. The van der Waals surface area contributed by atoms with Crippen molar-refractivity contribution in [1.29, 1.82) is 0 Å². The molecule has 0 spiro atoms. The molecule has 130 valence electrons. The van der Waals surface area contributed by atoms with E-state index in [9.17, 15) is 14.4 Å². The number of unbranched alkanes of at least 4 members (excludes halogenated alkanes) is 2.